The van der Waals surface area contributed by atoms with Crippen LogP contribution in [0, 0.1) is 0 Å². The van der Waals surface area contributed by atoms with Crippen molar-refractivity contribution in [2.24, 2.45) is 0 Å². The molecular formula is C14H14Br4N2O2. The Bertz CT molecular complexity index is 655. The van der Waals surface area contributed by atoms with Crippen LogP contribution < -0.4 is 0 Å². The van der Waals surface area contributed by atoms with Gasteiger partial charge < -0.3 is 10.1 Å². The van der Waals surface area contributed by atoms with Crippen LogP contribution in [-0.2, 0) is 11.2 Å². The minimum absolute atomic E-state index is 0.257. The van der Waals surface area contributed by atoms with Gasteiger partial charge >= 0.3 is 5.97 Å². The van der Waals surface area contributed by atoms with E-state index in [1.165, 1.54) is 0 Å². The zero-order chi connectivity index (χ0) is 16.3. The second-order valence-electron chi connectivity index (χ2n) is 4.97. The van der Waals surface area contributed by atoms with Crippen molar-refractivity contribution >= 4 is 80.7 Å². The molecule has 0 spiro atoms. The zero-order valence-corrected chi connectivity index (χ0v) is 17.9. The maximum Gasteiger partial charge on any atom is 0.303 e. The van der Waals surface area contributed by atoms with Gasteiger partial charge in [-0.2, -0.15) is 0 Å². The number of aromatic nitrogens is 2. The highest BCUT2D eigenvalue weighted by Crippen LogP contribution is 2.42. The van der Waals surface area contributed by atoms with Crippen molar-refractivity contribution < 1.29 is 9.90 Å². The molecule has 1 aromatic heterocycles. The Labute approximate surface area is 162 Å². The van der Waals surface area contributed by atoms with E-state index < -0.39 is 5.97 Å². The average Bonchev–Trinajstić information content (AvgIpc) is 2.90. The molecule has 22 heavy (non-hydrogen) atoms. The summed E-state index contributed by atoms with van der Waals surface area (Å²) in [6, 6.07) is 0. The van der Waals surface area contributed by atoms with Crippen LogP contribution in [0.4, 0.5) is 0 Å². The molecule has 0 unspecified atom stereocenters. The number of hydrogen-bond donors (Lipinski definition) is 2. The SMILES string of the molecule is O=C(O)CCCCCCc1nc2c(Br)c(Br)c(Br)c(Br)c2[nH]1. The van der Waals surface area contributed by atoms with Crippen molar-refractivity contribution in [1.29, 1.82) is 0 Å². The van der Waals surface area contributed by atoms with Crippen LogP contribution in [0.25, 0.3) is 11.0 Å². The largest absolute Gasteiger partial charge is 0.481 e. The van der Waals surface area contributed by atoms with Gasteiger partial charge in [0.15, 0.2) is 0 Å². The molecule has 2 rings (SSSR count). The van der Waals surface area contributed by atoms with Gasteiger partial charge in [-0.25, -0.2) is 4.98 Å². The summed E-state index contributed by atoms with van der Waals surface area (Å²) in [5.41, 5.74) is 1.85. The van der Waals surface area contributed by atoms with Gasteiger partial charge in [0.2, 0.25) is 0 Å². The highest BCUT2D eigenvalue weighted by molar-refractivity contribution is 9.15. The number of rotatable bonds is 7. The fourth-order valence-corrected chi connectivity index (χ4v) is 4.47. The van der Waals surface area contributed by atoms with Crippen LogP contribution in [0.15, 0.2) is 17.9 Å². The van der Waals surface area contributed by atoms with Crippen molar-refractivity contribution in [1.82, 2.24) is 9.97 Å². The molecule has 4 nitrogen and oxygen atoms in total. The minimum Gasteiger partial charge on any atom is -0.481 e. The summed E-state index contributed by atoms with van der Waals surface area (Å²) >= 11 is 14.2. The summed E-state index contributed by atoms with van der Waals surface area (Å²) in [5.74, 6) is 0.225. The third-order valence-electron chi connectivity index (χ3n) is 3.31. The fraction of sp³-hybridized carbons (Fsp3) is 0.429. The number of fused-ring (bicyclic) bond motifs is 1. The van der Waals surface area contributed by atoms with E-state index in [4.69, 9.17) is 5.11 Å². The van der Waals surface area contributed by atoms with Crippen LogP contribution in [0.5, 0.6) is 0 Å². The highest BCUT2D eigenvalue weighted by atomic mass is 79.9. The molecule has 0 aliphatic rings. The van der Waals surface area contributed by atoms with Gasteiger partial charge in [0.1, 0.15) is 11.3 Å². The number of aromatic amines is 1. The maximum atomic E-state index is 10.4. The van der Waals surface area contributed by atoms with Crippen LogP contribution in [0.2, 0.25) is 0 Å². The lowest BCUT2D eigenvalue weighted by Gasteiger charge is -2.03. The zero-order valence-electron chi connectivity index (χ0n) is 11.6. The molecule has 0 radical (unpaired) electrons. The van der Waals surface area contributed by atoms with Crippen molar-refractivity contribution in [3.63, 3.8) is 0 Å². The van der Waals surface area contributed by atoms with Crippen molar-refractivity contribution in [2.75, 3.05) is 0 Å². The molecule has 0 saturated heterocycles. The van der Waals surface area contributed by atoms with Crippen molar-refractivity contribution in [3.8, 4) is 0 Å². The summed E-state index contributed by atoms with van der Waals surface area (Å²) in [5, 5.41) is 8.59. The van der Waals surface area contributed by atoms with E-state index >= 15 is 0 Å². The number of aryl methyl sites for hydroxylation is 1. The Morgan fingerprint density at radius 2 is 1.59 bits per heavy atom. The predicted octanol–water partition coefficient (Wildman–Crippen LogP) is 6.19. The second-order valence-corrected chi connectivity index (χ2v) is 8.14. The molecule has 0 bridgehead atoms. The van der Waals surface area contributed by atoms with E-state index in [0.717, 1.165) is 66.9 Å². The fourth-order valence-electron chi connectivity index (χ4n) is 2.19. The molecule has 8 heteroatoms. The Balaban J connectivity index is 2.00. The van der Waals surface area contributed by atoms with E-state index in [-0.39, 0.29) is 6.42 Å². The first-order valence-corrected chi connectivity index (χ1v) is 10.0. The number of carboxylic acid groups (broad SMARTS) is 1. The molecule has 2 aromatic rings. The summed E-state index contributed by atoms with van der Waals surface area (Å²) in [6.45, 7) is 0. The molecule has 0 saturated carbocycles. The van der Waals surface area contributed by atoms with Crippen LogP contribution in [0.3, 0.4) is 0 Å². The average molecular weight is 562 g/mol. The standard InChI is InChI=1S/C14H14Br4N2O2/c15-9-10(16)12(18)14-13(11(9)17)19-7(20-14)5-3-1-2-4-6-8(21)22/h1-6H2,(H,19,20)(H,21,22). The van der Waals surface area contributed by atoms with Crippen LogP contribution in [0.1, 0.15) is 37.9 Å². The number of hydrogen-bond acceptors (Lipinski definition) is 2. The lowest BCUT2D eigenvalue weighted by atomic mass is 10.1. The van der Waals surface area contributed by atoms with Gasteiger partial charge in [0.05, 0.1) is 14.5 Å². The molecule has 0 amide bonds. The third kappa shape index (κ3) is 4.33. The molecule has 0 aliphatic heterocycles. The van der Waals surface area contributed by atoms with Crippen LogP contribution in [-0.4, -0.2) is 21.0 Å². The number of imidazole rings is 1. The first kappa shape index (κ1) is 18.4. The van der Waals surface area contributed by atoms with Gasteiger partial charge in [-0.3, -0.25) is 4.79 Å². The first-order valence-electron chi connectivity index (χ1n) is 6.84. The van der Waals surface area contributed by atoms with Gasteiger partial charge in [0, 0.05) is 21.8 Å². The molecule has 2 N–H and O–H groups in total. The van der Waals surface area contributed by atoms with Crippen molar-refractivity contribution in [2.45, 2.75) is 38.5 Å². The second kappa shape index (κ2) is 8.26. The molecule has 120 valence electrons. The van der Waals surface area contributed by atoms with Crippen molar-refractivity contribution in [3.05, 3.63) is 23.7 Å². The molecular weight excluding hydrogens is 548 g/mol. The number of nitrogens with zero attached hydrogens (tertiary/aromatic N) is 1. The number of halogens is 4. The van der Waals surface area contributed by atoms with Gasteiger partial charge in [-0.1, -0.05) is 12.8 Å². The Kier molecular flexibility index (Phi) is 6.91. The molecule has 1 aromatic carbocycles. The number of benzene rings is 1. The van der Waals surface area contributed by atoms with E-state index in [2.05, 4.69) is 73.7 Å². The number of aliphatic carboxylic acids is 1. The Morgan fingerprint density at radius 3 is 2.27 bits per heavy atom. The molecule has 1 heterocycles. The number of carbonyl (C=O) groups is 1. The Morgan fingerprint density at radius 1 is 0.955 bits per heavy atom. The summed E-state index contributed by atoms with van der Waals surface area (Å²) in [4.78, 5) is 18.4. The quantitative estimate of drug-likeness (QED) is 0.241. The predicted molar refractivity (Wildman–Crippen MR) is 101 cm³/mol. The van der Waals surface area contributed by atoms with Crippen LogP contribution >= 0.6 is 63.7 Å². The van der Waals surface area contributed by atoms with Gasteiger partial charge in [-0.05, 0) is 76.6 Å². The van der Waals surface area contributed by atoms with E-state index in [1.807, 2.05) is 0 Å². The van der Waals surface area contributed by atoms with E-state index in [9.17, 15) is 4.79 Å². The highest BCUT2D eigenvalue weighted by Gasteiger charge is 2.17. The maximum absolute atomic E-state index is 10.4. The lowest BCUT2D eigenvalue weighted by Crippen LogP contribution is -1.94. The smallest absolute Gasteiger partial charge is 0.303 e. The number of H-pyrrole nitrogens is 1. The summed E-state index contributed by atoms with van der Waals surface area (Å²) in [6.07, 6.45) is 4.81. The monoisotopic (exact) mass is 558 g/mol. The van der Waals surface area contributed by atoms with E-state index in [0.29, 0.717) is 0 Å². The topological polar surface area (TPSA) is 66.0 Å². The normalized spacial score (nSPS) is 11.3. The lowest BCUT2D eigenvalue weighted by molar-refractivity contribution is -0.137. The van der Waals surface area contributed by atoms with Gasteiger partial charge in [-0.15, -0.1) is 0 Å². The summed E-state index contributed by atoms with van der Waals surface area (Å²) < 4.78 is 3.73. The molecule has 0 atom stereocenters. The Hall–Kier alpha value is 0.0800. The first-order chi connectivity index (χ1) is 10.4. The molecule has 0 aliphatic carbocycles. The van der Waals surface area contributed by atoms with Gasteiger partial charge in [0.25, 0.3) is 0 Å². The summed E-state index contributed by atoms with van der Waals surface area (Å²) in [7, 11) is 0. The number of carboxylic acids is 1. The minimum atomic E-state index is -0.719. The molecule has 0 fully saturated rings. The number of nitrogens with one attached hydrogen (secondary N) is 1. The van der Waals surface area contributed by atoms with E-state index in [1.54, 1.807) is 0 Å². The third-order valence-corrected chi connectivity index (χ3v) is 8.06. The number of unbranched alkanes of at least 4 members (excludes halogenated alkanes) is 3.